The van der Waals surface area contributed by atoms with E-state index < -0.39 is 0 Å². The number of alkyl halides is 1. The molecule has 0 aromatic heterocycles. The van der Waals surface area contributed by atoms with Gasteiger partial charge in [0.1, 0.15) is 11.7 Å². The Labute approximate surface area is 112 Å². The molecule has 0 atom stereocenters. The van der Waals surface area contributed by atoms with E-state index in [9.17, 15) is 9.18 Å². The summed E-state index contributed by atoms with van der Waals surface area (Å²) in [5.41, 5.74) is 1.06. The van der Waals surface area contributed by atoms with Gasteiger partial charge in [-0.25, -0.2) is 4.39 Å². The summed E-state index contributed by atoms with van der Waals surface area (Å²) in [6, 6.07) is 6.62. The lowest BCUT2D eigenvalue weighted by atomic mass is 9.79. The lowest BCUT2D eigenvalue weighted by Gasteiger charge is -2.30. The molecule has 0 saturated heterocycles. The molecule has 0 radical (unpaired) electrons. The maximum atomic E-state index is 13.0. The van der Waals surface area contributed by atoms with Crippen LogP contribution >= 0.6 is 11.6 Å². The third kappa shape index (κ3) is 2.83. The molecular formula is C14H17ClFNO. The zero-order chi connectivity index (χ0) is 13.0. The SMILES string of the molecule is O=C(CCl)NCC1(c2ccc(F)cc2)CCCC1. The van der Waals surface area contributed by atoms with Crippen molar-refractivity contribution in [2.45, 2.75) is 31.1 Å². The summed E-state index contributed by atoms with van der Waals surface area (Å²) in [6.07, 6.45) is 4.35. The molecule has 1 aromatic carbocycles. The number of amides is 1. The third-order valence-corrected chi connectivity index (χ3v) is 4.01. The van der Waals surface area contributed by atoms with E-state index >= 15 is 0 Å². The third-order valence-electron chi connectivity index (χ3n) is 3.76. The molecule has 1 amide bonds. The van der Waals surface area contributed by atoms with Gasteiger partial charge in [0.2, 0.25) is 5.91 Å². The molecule has 98 valence electrons. The molecular weight excluding hydrogens is 253 g/mol. The number of halogens is 2. The van der Waals surface area contributed by atoms with Gasteiger partial charge in [0, 0.05) is 12.0 Å². The van der Waals surface area contributed by atoms with Crippen LogP contribution in [0.4, 0.5) is 4.39 Å². The van der Waals surface area contributed by atoms with E-state index in [1.54, 1.807) is 0 Å². The van der Waals surface area contributed by atoms with Gasteiger partial charge in [-0.15, -0.1) is 11.6 Å². The van der Waals surface area contributed by atoms with Crippen molar-refractivity contribution < 1.29 is 9.18 Å². The molecule has 1 aromatic rings. The highest BCUT2D eigenvalue weighted by Crippen LogP contribution is 2.40. The van der Waals surface area contributed by atoms with Crippen molar-refractivity contribution in [3.05, 3.63) is 35.6 Å². The zero-order valence-electron chi connectivity index (χ0n) is 10.2. The highest BCUT2D eigenvalue weighted by Gasteiger charge is 2.35. The van der Waals surface area contributed by atoms with Gasteiger partial charge in [-0.3, -0.25) is 4.79 Å². The minimum atomic E-state index is -0.225. The smallest absolute Gasteiger partial charge is 0.234 e. The predicted molar refractivity (Wildman–Crippen MR) is 70.3 cm³/mol. The summed E-state index contributed by atoms with van der Waals surface area (Å²) in [5.74, 6) is -0.388. The van der Waals surface area contributed by atoms with Gasteiger partial charge in [-0.05, 0) is 30.5 Å². The lowest BCUT2D eigenvalue weighted by molar-refractivity contribution is -0.118. The molecule has 0 aliphatic heterocycles. The van der Waals surface area contributed by atoms with Crippen molar-refractivity contribution in [1.82, 2.24) is 5.32 Å². The largest absolute Gasteiger partial charge is 0.354 e. The van der Waals surface area contributed by atoms with Gasteiger partial charge in [-0.2, -0.15) is 0 Å². The van der Waals surface area contributed by atoms with Crippen LogP contribution in [0.5, 0.6) is 0 Å². The summed E-state index contributed by atoms with van der Waals surface area (Å²) in [4.78, 5) is 11.3. The molecule has 0 spiro atoms. The minimum absolute atomic E-state index is 0.0144. The van der Waals surface area contributed by atoms with Crippen molar-refractivity contribution in [3.8, 4) is 0 Å². The monoisotopic (exact) mass is 269 g/mol. The Bertz CT molecular complexity index is 412. The second-order valence-electron chi connectivity index (χ2n) is 4.90. The molecule has 1 aliphatic carbocycles. The Balaban J connectivity index is 2.16. The Morgan fingerprint density at radius 1 is 1.28 bits per heavy atom. The van der Waals surface area contributed by atoms with E-state index in [1.165, 1.54) is 12.1 Å². The number of nitrogens with one attached hydrogen (secondary N) is 1. The summed E-state index contributed by atoms with van der Waals surface area (Å²) in [7, 11) is 0. The van der Waals surface area contributed by atoms with Crippen molar-refractivity contribution in [3.63, 3.8) is 0 Å². The maximum Gasteiger partial charge on any atom is 0.234 e. The van der Waals surface area contributed by atoms with Crippen molar-refractivity contribution in [2.75, 3.05) is 12.4 Å². The predicted octanol–water partition coefficient (Wildman–Crippen LogP) is 2.99. The van der Waals surface area contributed by atoms with E-state index in [1.807, 2.05) is 12.1 Å². The summed E-state index contributed by atoms with van der Waals surface area (Å²) in [6.45, 7) is 0.587. The van der Waals surface area contributed by atoms with Crippen LogP contribution in [-0.4, -0.2) is 18.3 Å². The van der Waals surface area contributed by atoms with Gasteiger partial charge in [-0.1, -0.05) is 25.0 Å². The van der Waals surface area contributed by atoms with E-state index in [-0.39, 0.29) is 23.0 Å². The Hall–Kier alpha value is -1.09. The molecule has 1 fully saturated rings. The van der Waals surface area contributed by atoms with Crippen molar-refractivity contribution in [1.29, 1.82) is 0 Å². The van der Waals surface area contributed by atoms with Gasteiger partial charge in [0.05, 0.1) is 0 Å². The van der Waals surface area contributed by atoms with Gasteiger partial charge in [0.15, 0.2) is 0 Å². The van der Waals surface area contributed by atoms with Crippen LogP contribution in [0.1, 0.15) is 31.2 Å². The van der Waals surface area contributed by atoms with Gasteiger partial charge >= 0.3 is 0 Å². The Morgan fingerprint density at radius 2 is 1.89 bits per heavy atom. The first-order valence-electron chi connectivity index (χ1n) is 6.25. The van der Waals surface area contributed by atoms with Gasteiger partial charge < -0.3 is 5.32 Å². The maximum absolute atomic E-state index is 13.0. The van der Waals surface area contributed by atoms with Crippen molar-refractivity contribution >= 4 is 17.5 Å². The molecule has 18 heavy (non-hydrogen) atoms. The number of benzene rings is 1. The van der Waals surface area contributed by atoms with Crippen LogP contribution in [0.25, 0.3) is 0 Å². The standard InChI is InChI=1S/C14H17ClFNO/c15-9-13(18)17-10-14(7-1-2-8-14)11-3-5-12(16)6-4-11/h3-6H,1-2,7-10H2,(H,17,18). The molecule has 2 rings (SSSR count). The minimum Gasteiger partial charge on any atom is -0.354 e. The molecule has 1 N–H and O–H groups in total. The summed E-state index contributed by atoms with van der Waals surface area (Å²) >= 11 is 5.49. The van der Waals surface area contributed by atoms with Crippen LogP contribution in [-0.2, 0) is 10.2 Å². The molecule has 2 nitrogen and oxygen atoms in total. The number of hydrogen-bond acceptors (Lipinski definition) is 1. The van der Waals surface area contributed by atoms with Crippen LogP contribution in [0.2, 0.25) is 0 Å². The number of rotatable bonds is 4. The van der Waals surface area contributed by atoms with E-state index in [0.29, 0.717) is 6.54 Å². The fourth-order valence-corrected chi connectivity index (χ4v) is 2.83. The summed E-state index contributed by atoms with van der Waals surface area (Å²) < 4.78 is 13.0. The zero-order valence-corrected chi connectivity index (χ0v) is 11.0. The van der Waals surface area contributed by atoms with Crippen LogP contribution in [0, 0.1) is 5.82 Å². The highest BCUT2D eigenvalue weighted by atomic mass is 35.5. The molecule has 1 saturated carbocycles. The number of hydrogen-bond donors (Lipinski definition) is 1. The van der Waals surface area contributed by atoms with Crippen molar-refractivity contribution in [2.24, 2.45) is 0 Å². The van der Waals surface area contributed by atoms with E-state index in [0.717, 1.165) is 31.2 Å². The number of carbonyl (C=O) groups is 1. The quantitative estimate of drug-likeness (QED) is 0.837. The average Bonchev–Trinajstić information content (AvgIpc) is 2.87. The van der Waals surface area contributed by atoms with Crippen LogP contribution < -0.4 is 5.32 Å². The molecule has 0 heterocycles. The molecule has 0 unspecified atom stereocenters. The van der Waals surface area contributed by atoms with E-state index in [2.05, 4.69) is 5.32 Å². The normalized spacial score (nSPS) is 17.7. The Kier molecular flexibility index (Phi) is 4.23. The molecule has 1 aliphatic rings. The molecule has 0 bridgehead atoms. The Morgan fingerprint density at radius 3 is 2.44 bits per heavy atom. The van der Waals surface area contributed by atoms with E-state index in [4.69, 9.17) is 11.6 Å². The number of carbonyl (C=O) groups excluding carboxylic acids is 1. The first-order valence-corrected chi connectivity index (χ1v) is 6.78. The highest BCUT2D eigenvalue weighted by molar-refractivity contribution is 6.27. The lowest BCUT2D eigenvalue weighted by Crippen LogP contribution is -2.39. The fraction of sp³-hybridized carbons (Fsp3) is 0.500. The van der Waals surface area contributed by atoms with Gasteiger partial charge in [0.25, 0.3) is 0 Å². The average molecular weight is 270 g/mol. The molecule has 4 heteroatoms. The second-order valence-corrected chi connectivity index (χ2v) is 5.17. The second kappa shape index (κ2) is 5.70. The fourth-order valence-electron chi connectivity index (χ4n) is 2.74. The van der Waals surface area contributed by atoms with Crippen LogP contribution in [0.3, 0.4) is 0 Å². The first kappa shape index (κ1) is 13.3. The topological polar surface area (TPSA) is 29.1 Å². The summed E-state index contributed by atoms with van der Waals surface area (Å²) in [5, 5.41) is 2.86. The first-order chi connectivity index (χ1) is 8.66. The van der Waals surface area contributed by atoms with Crippen LogP contribution in [0.15, 0.2) is 24.3 Å².